The molecule has 0 radical (unpaired) electrons. The topological polar surface area (TPSA) is 118 Å². The molecule has 0 aliphatic carbocycles. The van der Waals surface area contributed by atoms with Gasteiger partial charge in [-0.05, 0) is 329 Å². The van der Waals surface area contributed by atoms with Gasteiger partial charge in [-0.15, -0.1) is 45.3 Å². The highest BCUT2D eigenvalue weighted by molar-refractivity contribution is 9.13. The number of fused-ring (bicyclic) bond motifs is 3. The molecule has 0 spiro atoms. The van der Waals surface area contributed by atoms with Crippen molar-refractivity contribution in [2.75, 3.05) is 25.2 Å². The minimum absolute atomic E-state index is 0.262. The molecule has 0 bridgehead atoms. The fraction of sp³-hybridized carbons (Fsp3) is 0.343. The molecular formula is C67H67Br9O9S4. The van der Waals surface area contributed by atoms with E-state index in [0.717, 1.165) is 96.0 Å². The maximum atomic E-state index is 12.0. The minimum atomic E-state index is -0.401. The first-order valence-corrected chi connectivity index (χ1v) is 39.8. The molecule has 0 aliphatic rings. The van der Waals surface area contributed by atoms with Gasteiger partial charge in [-0.2, -0.15) is 0 Å². The molecule has 22 heteroatoms. The molecule has 9 nitrogen and oxygen atoms in total. The van der Waals surface area contributed by atoms with Gasteiger partial charge < -0.3 is 23.4 Å². The summed E-state index contributed by atoms with van der Waals surface area (Å²) in [6.45, 7) is 3.39. The summed E-state index contributed by atoms with van der Waals surface area (Å²) in [5.41, 5.74) is 4.73. The van der Waals surface area contributed by atoms with Crippen LogP contribution in [0.3, 0.4) is 0 Å². The Hall–Kier alpha value is -2.32. The third-order valence-corrected chi connectivity index (χ3v) is 23.7. The van der Waals surface area contributed by atoms with Gasteiger partial charge in [0.15, 0.2) is 0 Å². The first-order chi connectivity index (χ1) is 43.0. The zero-order valence-electron chi connectivity index (χ0n) is 48.8. The van der Waals surface area contributed by atoms with Crippen molar-refractivity contribution in [3.05, 3.63) is 184 Å². The van der Waals surface area contributed by atoms with E-state index in [-0.39, 0.29) is 17.9 Å². The number of benzene rings is 4. The smallest absolute Gasteiger partial charge is 0.340 e. The number of hydrogen-bond acceptors (Lipinski definition) is 13. The summed E-state index contributed by atoms with van der Waals surface area (Å²) in [4.78, 5) is 46.0. The Balaban J connectivity index is 0.000000194. The van der Waals surface area contributed by atoms with Crippen LogP contribution in [-0.4, -0.2) is 43.1 Å². The van der Waals surface area contributed by atoms with E-state index >= 15 is 0 Å². The summed E-state index contributed by atoms with van der Waals surface area (Å²) in [6, 6.07) is 35.6. The van der Waals surface area contributed by atoms with Crippen LogP contribution < -0.4 is 15.1 Å². The summed E-state index contributed by atoms with van der Waals surface area (Å²) in [7, 11) is 0. The number of unbranched alkanes of at least 4 members (excludes halogenated alkanes) is 10. The fourth-order valence-corrected chi connectivity index (χ4v) is 20.8. The maximum absolute atomic E-state index is 12.0. The molecule has 9 aromatic rings. The number of halogens is 9. The van der Waals surface area contributed by atoms with Gasteiger partial charge in [0.25, 0.3) is 0 Å². The van der Waals surface area contributed by atoms with Gasteiger partial charge in [0.05, 0.1) is 55.7 Å². The number of allylic oxidation sites excluding steroid dienone is 1. The third-order valence-electron chi connectivity index (χ3n) is 13.4. The Morgan fingerprint density at radius 3 is 1.51 bits per heavy atom. The first kappa shape index (κ1) is 75.7. The standard InChI is InChI=1S/C24H22Br2OS.C18H14Br2O4S.C15H18Br2O4S.C10H13Br3S/c25-23-16-20(24(26)28-23)9-3-1-2-6-12-27-22-11-10-19-13-17-7-4-5-8-18(17)14-21(19)15-22;19-15-10-12(18(20)25-15)3-1-2-4-16(21)23-13-6-7-14-11(9-13)5-8-17(22)24-14;1-2-7-13(18)20-8-5-3-4-6-9-21-15(19)11-10-12(16)22-14(11)17;11-6-4-2-1-3-5-8-7-9(12)14-10(8)13/h4-5,7-8,10-11,13-16H,1-3,6,9,12H2;5-10H,1-4H2;2,7,10H,3-6,8-9H2,1H3;7H,1-6H2/b;;7-2+;. The van der Waals surface area contributed by atoms with Gasteiger partial charge in [-0.25, -0.2) is 14.4 Å². The summed E-state index contributed by atoms with van der Waals surface area (Å²) in [5, 5.41) is 6.92. The molecule has 5 aromatic heterocycles. The number of esters is 3. The predicted molar refractivity (Wildman–Crippen MR) is 404 cm³/mol. The number of thiophene rings is 4. The first-order valence-electron chi connectivity index (χ1n) is 29.1. The number of carbonyl (C=O) groups is 3. The lowest BCUT2D eigenvalue weighted by Crippen LogP contribution is -2.07. The zero-order chi connectivity index (χ0) is 63.9. The second kappa shape index (κ2) is 42.2. The molecule has 476 valence electrons. The highest BCUT2D eigenvalue weighted by atomic mass is 79.9. The largest absolute Gasteiger partial charge is 0.494 e. The van der Waals surface area contributed by atoms with E-state index in [9.17, 15) is 19.2 Å². The summed E-state index contributed by atoms with van der Waals surface area (Å²) in [6.07, 6.45) is 21.9. The molecule has 5 heterocycles. The SMILES string of the molecule is BrCCCCCCc1cc(Br)sc1Br.Brc1cc(CCCCCCOc2ccc3cc4ccccc4cc3c2)c(Br)s1.C/C=C/C(=O)OCCCCCCOC(=O)c1cc(Br)sc1Br.O=C(CCCCc1cc(Br)sc1Br)Oc1ccc2oc(=O)ccc2c1. The van der Waals surface area contributed by atoms with Crippen LogP contribution in [0.5, 0.6) is 11.5 Å². The number of ether oxygens (including phenoxy) is 4. The Bertz CT molecular complexity index is 3760. The molecule has 9 rings (SSSR count). The normalized spacial score (nSPS) is 11.0. The van der Waals surface area contributed by atoms with Crippen molar-refractivity contribution >= 4 is 239 Å². The van der Waals surface area contributed by atoms with Crippen molar-refractivity contribution in [2.24, 2.45) is 0 Å². The number of carbonyl (C=O) groups excluding carboxylic acids is 3. The van der Waals surface area contributed by atoms with Gasteiger partial charge >= 0.3 is 23.5 Å². The van der Waals surface area contributed by atoms with Gasteiger partial charge in [0.1, 0.15) is 17.1 Å². The van der Waals surface area contributed by atoms with Crippen LogP contribution in [-0.2, 0) is 38.3 Å². The van der Waals surface area contributed by atoms with Crippen molar-refractivity contribution in [2.45, 2.75) is 122 Å². The monoisotopic (exact) mass is 1850 g/mol. The molecule has 0 N–H and O–H groups in total. The van der Waals surface area contributed by atoms with E-state index in [1.165, 1.54) is 128 Å². The van der Waals surface area contributed by atoms with Gasteiger partial charge in [0, 0.05) is 29.3 Å². The lowest BCUT2D eigenvalue weighted by molar-refractivity contribution is -0.138. The quantitative estimate of drug-likeness (QED) is 0.00859. The van der Waals surface area contributed by atoms with E-state index in [0.29, 0.717) is 36.5 Å². The van der Waals surface area contributed by atoms with Crippen LogP contribution in [0.15, 0.2) is 161 Å². The average Bonchev–Trinajstić information content (AvgIpc) is 3.63. The van der Waals surface area contributed by atoms with E-state index in [1.807, 2.05) is 0 Å². The molecule has 0 saturated carbocycles. The van der Waals surface area contributed by atoms with E-state index in [4.69, 9.17) is 23.4 Å². The molecule has 0 amide bonds. The number of alkyl halides is 1. The molecule has 0 unspecified atom stereocenters. The molecule has 4 aromatic carbocycles. The molecule has 0 fully saturated rings. The minimum Gasteiger partial charge on any atom is -0.494 e. The average molecular weight is 1860 g/mol. The Labute approximate surface area is 613 Å². The Morgan fingerprint density at radius 2 is 0.955 bits per heavy atom. The summed E-state index contributed by atoms with van der Waals surface area (Å²) < 4.78 is 35.5. The molecule has 0 saturated heterocycles. The predicted octanol–water partition coefficient (Wildman–Crippen LogP) is 25.3. The maximum Gasteiger partial charge on any atom is 0.340 e. The van der Waals surface area contributed by atoms with E-state index in [2.05, 4.69) is 216 Å². The second-order valence-corrected chi connectivity index (χ2v) is 36.0. The van der Waals surface area contributed by atoms with Gasteiger partial charge in [0.2, 0.25) is 0 Å². The molecule has 0 atom stereocenters. The van der Waals surface area contributed by atoms with Crippen LogP contribution in [0, 0.1) is 0 Å². The lowest BCUT2D eigenvalue weighted by atomic mass is 10.0. The highest BCUT2D eigenvalue weighted by Crippen LogP contribution is 2.36. The van der Waals surface area contributed by atoms with E-state index < -0.39 is 5.63 Å². The van der Waals surface area contributed by atoms with Crippen LogP contribution in [0.2, 0.25) is 0 Å². The molecule has 89 heavy (non-hydrogen) atoms. The second-order valence-electron chi connectivity index (χ2n) is 20.2. The van der Waals surface area contributed by atoms with Crippen LogP contribution in [0.25, 0.3) is 32.5 Å². The lowest BCUT2D eigenvalue weighted by Gasteiger charge is -2.08. The summed E-state index contributed by atoms with van der Waals surface area (Å²) >= 11 is 38.0. The van der Waals surface area contributed by atoms with Crippen molar-refractivity contribution in [3.63, 3.8) is 0 Å². The Morgan fingerprint density at radius 1 is 0.472 bits per heavy atom. The van der Waals surface area contributed by atoms with Crippen LogP contribution in [0.1, 0.15) is 130 Å². The summed E-state index contributed by atoms with van der Waals surface area (Å²) in [5.74, 6) is 0.547. The van der Waals surface area contributed by atoms with E-state index in [1.54, 1.807) is 77.3 Å². The third kappa shape index (κ3) is 28.3. The van der Waals surface area contributed by atoms with Crippen molar-refractivity contribution in [1.29, 1.82) is 0 Å². The van der Waals surface area contributed by atoms with Gasteiger partial charge in [-0.3, -0.25) is 4.79 Å². The fourth-order valence-electron chi connectivity index (χ4n) is 8.88. The van der Waals surface area contributed by atoms with Gasteiger partial charge in [-0.1, -0.05) is 78.0 Å². The number of rotatable bonds is 29. The number of hydrogen-bond donors (Lipinski definition) is 0. The van der Waals surface area contributed by atoms with Crippen LogP contribution in [0.4, 0.5) is 0 Å². The van der Waals surface area contributed by atoms with Crippen molar-refractivity contribution in [3.8, 4) is 11.5 Å². The molecular weight excluding hydrogens is 1800 g/mol. The van der Waals surface area contributed by atoms with Crippen LogP contribution >= 0.6 is 189 Å². The number of aryl methyl sites for hydroxylation is 3. The highest BCUT2D eigenvalue weighted by Gasteiger charge is 2.15. The molecule has 0 aliphatic heterocycles. The van der Waals surface area contributed by atoms with Crippen molar-refractivity contribution < 1.29 is 37.7 Å². The zero-order valence-corrected chi connectivity index (χ0v) is 66.4. The Kier molecular flexibility index (Phi) is 35.9. The van der Waals surface area contributed by atoms with Crippen molar-refractivity contribution in [1.82, 2.24) is 0 Å².